The zero-order valence-electron chi connectivity index (χ0n) is 9.35. The number of carbonyl (C=O) groups is 2. The van der Waals surface area contributed by atoms with E-state index in [1.165, 1.54) is 25.5 Å². The number of carbonyl (C=O) groups excluding carboxylic acids is 2. The molecule has 0 amide bonds. The summed E-state index contributed by atoms with van der Waals surface area (Å²) in [5.41, 5.74) is 0.383. The van der Waals surface area contributed by atoms with Gasteiger partial charge < -0.3 is 13.6 Å². The number of ketones is 1. The monoisotopic (exact) mass is 234 g/mol. The van der Waals surface area contributed by atoms with E-state index in [9.17, 15) is 9.59 Å². The number of rotatable bonds is 3. The van der Waals surface area contributed by atoms with Gasteiger partial charge in [0.15, 0.2) is 5.76 Å². The summed E-state index contributed by atoms with van der Waals surface area (Å²) in [6.45, 7) is 1.73. The average Bonchev–Trinajstić information content (AvgIpc) is 2.95. The van der Waals surface area contributed by atoms with E-state index >= 15 is 0 Å². The minimum atomic E-state index is -0.618. The molecule has 0 fully saturated rings. The molecule has 2 aromatic rings. The van der Waals surface area contributed by atoms with Crippen molar-refractivity contribution in [1.29, 1.82) is 0 Å². The van der Waals surface area contributed by atoms with Crippen LogP contribution < -0.4 is 0 Å². The molecule has 2 rings (SSSR count). The minimum Gasteiger partial charge on any atom is -0.469 e. The number of aryl methyl sites for hydroxylation is 1. The van der Waals surface area contributed by atoms with Crippen LogP contribution in [0.3, 0.4) is 0 Å². The molecule has 2 heterocycles. The second-order valence-corrected chi connectivity index (χ2v) is 3.43. The summed E-state index contributed by atoms with van der Waals surface area (Å²) in [7, 11) is 1.24. The van der Waals surface area contributed by atoms with Gasteiger partial charge in [-0.25, -0.2) is 4.79 Å². The highest BCUT2D eigenvalue weighted by molar-refractivity contribution is 6.07. The summed E-state index contributed by atoms with van der Waals surface area (Å²) in [4.78, 5) is 23.0. The van der Waals surface area contributed by atoms with Crippen LogP contribution in [0.1, 0.15) is 32.4 Å². The third-order valence-electron chi connectivity index (χ3n) is 2.21. The molecule has 0 saturated carbocycles. The predicted molar refractivity (Wildman–Crippen MR) is 56.9 cm³/mol. The Morgan fingerprint density at radius 1 is 1.24 bits per heavy atom. The van der Waals surface area contributed by atoms with Crippen LogP contribution in [0.5, 0.6) is 0 Å². The molecule has 2 aromatic heterocycles. The van der Waals surface area contributed by atoms with Gasteiger partial charge in [0.25, 0.3) is 0 Å². The second-order valence-electron chi connectivity index (χ2n) is 3.43. The Balaban J connectivity index is 2.26. The second kappa shape index (κ2) is 4.29. The number of ether oxygens (including phenoxy) is 1. The summed E-state index contributed by atoms with van der Waals surface area (Å²) in [6.07, 6.45) is 1.35. The van der Waals surface area contributed by atoms with Crippen LogP contribution in [0, 0.1) is 6.92 Å². The molecule has 0 saturated heterocycles. The number of esters is 1. The Morgan fingerprint density at radius 2 is 1.94 bits per heavy atom. The third kappa shape index (κ3) is 2.13. The Labute approximate surface area is 97.0 Å². The summed E-state index contributed by atoms with van der Waals surface area (Å²) in [6, 6.07) is 4.42. The van der Waals surface area contributed by atoms with Gasteiger partial charge in [-0.3, -0.25) is 4.79 Å². The number of methoxy groups -OCH3 is 1. The summed E-state index contributed by atoms with van der Waals surface area (Å²) >= 11 is 0. The Morgan fingerprint density at radius 3 is 2.53 bits per heavy atom. The molecule has 0 aliphatic rings. The first-order chi connectivity index (χ1) is 8.11. The van der Waals surface area contributed by atoms with Gasteiger partial charge >= 0.3 is 5.97 Å². The van der Waals surface area contributed by atoms with Crippen molar-refractivity contribution in [3.05, 3.63) is 47.3 Å². The lowest BCUT2D eigenvalue weighted by atomic mass is 10.2. The van der Waals surface area contributed by atoms with E-state index in [-0.39, 0.29) is 17.3 Å². The standard InChI is InChI=1S/C12H10O5/c1-7-5-8(6-16-7)11(13)9-3-4-10(17-9)12(14)15-2/h3-6H,1-2H3. The fraction of sp³-hybridized carbons (Fsp3) is 0.167. The van der Waals surface area contributed by atoms with Gasteiger partial charge in [0.05, 0.1) is 12.7 Å². The van der Waals surface area contributed by atoms with Gasteiger partial charge in [-0.05, 0) is 25.1 Å². The molecule has 0 spiro atoms. The maximum Gasteiger partial charge on any atom is 0.373 e. The van der Waals surface area contributed by atoms with Crippen molar-refractivity contribution in [2.24, 2.45) is 0 Å². The molecule has 5 nitrogen and oxygen atoms in total. The highest BCUT2D eigenvalue weighted by atomic mass is 16.5. The molecular formula is C12H10O5. The van der Waals surface area contributed by atoms with E-state index in [4.69, 9.17) is 8.83 Å². The molecule has 0 aromatic carbocycles. The molecule has 17 heavy (non-hydrogen) atoms. The normalized spacial score (nSPS) is 10.2. The summed E-state index contributed by atoms with van der Waals surface area (Å²) < 4.78 is 14.6. The Kier molecular flexibility index (Phi) is 2.82. The molecule has 0 aliphatic heterocycles. The first-order valence-corrected chi connectivity index (χ1v) is 4.90. The van der Waals surface area contributed by atoms with Crippen molar-refractivity contribution in [1.82, 2.24) is 0 Å². The Hall–Kier alpha value is -2.30. The SMILES string of the molecule is COC(=O)c1ccc(C(=O)c2coc(C)c2)o1. The van der Waals surface area contributed by atoms with Crippen LogP contribution in [0.25, 0.3) is 0 Å². The maximum absolute atomic E-state index is 11.9. The largest absolute Gasteiger partial charge is 0.469 e. The lowest BCUT2D eigenvalue weighted by Crippen LogP contribution is -2.00. The van der Waals surface area contributed by atoms with Crippen molar-refractivity contribution >= 4 is 11.8 Å². The molecule has 0 bridgehead atoms. The molecule has 0 atom stereocenters. The molecule has 0 unspecified atom stereocenters. The predicted octanol–water partition coefficient (Wildman–Crippen LogP) is 2.20. The highest BCUT2D eigenvalue weighted by Crippen LogP contribution is 2.16. The molecular weight excluding hydrogens is 224 g/mol. The number of hydrogen-bond acceptors (Lipinski definition) is 5. The zero-order valence-corrected chi connectivity index (χ0v) is 9.35. The molecule has 5 heteroatoms. The topological polar surface area (TPSA) is 69.7 Å². The van der Waals surface area contributed by atoms with Crippen LogP contribution >= 0.6 is 0 Å². The van der Waals surface area contributed by atoms with E-state index in [0.717, 1.165) is 0 Å². The van der Waals surface area contributed by atoms with Gasteiger partial charge in [-0.1, -0.05) is 0 Å². The molecule has 0 radical (unpaired) electrons. The van der Waals surface area contributed by atoms with Crippen molar-refractivity contribution in [2.75, 3.05) is 7.11 Å². The van der Waals surface area contributed by atoms with Crippen molar-refractivity contribution in [3.63, 3.8) is 0 Å². The highest BCUT2D eigenvalue weighted by Gasteiger charge is 2.18. The van der Waals surface area contributed by atoms with E-state index in [1.54, 1.807) is 13.0 Å². The van der Waals surface area contributed by atoms with Crippen molar-refractivity contribution < 1.29 is 23.2 Å². The first kappa shape index (κ1) is 11.2. The molecule has 0 aliphatic carbocycles. The smallest absolute Gasteiger partial charge is 0.373 e. The van der Waals surface area contributed by atoms with Crippen LogP contribution in [0.15, 0.2) is 33.3 Å². The zero-order chi connectivity index (χ0) is 12.4. The van der Waals surface area contributed by atoms with Crippen molar-refractivity contribution in [2.45, 2.75) is 6.92 Å². The van der Waals surface area contributed by atoms with E-state index in [0.29, 0.717) is 11.3 Å². The number of hydrogen-bond donors (Lipinski definition) is 0. The maximum atomic E-state index is 11.9. The van der Waals surface area contributed by atoms with Gasteiger partial charge in [0.2, 0.25) is 11.5 Å². The van der Waals surface area contributed by atoms with Gasteiger partial charge in [-0.2, -0.15) is 0 Å². The van der Waals surface area contributed by atoms with Crippen LogP contribution in [-0.4, -0.2) is 18.9 Å². The lowest BCUT2D eigenvalue weighted by Gasteiger charge is -1.93. The van der Waals surface area contributed by atoms with E-state index in [2.05, 4.69) is 4.74 Å². The third-order valence-corrected chi connectivity index (χ3v) is 2.21. The number of furan rings is 2. The first-order valence-electron chi connectivity index (χ1n) is 4.90. The Bertz CT molecular complexity index is 561. The fourth-order valence-electron chi connectivity index (χ4n) is 1.37. The molecule has 0 N–H and O–H groups in total. The quantitative estimate of drug-likeness (QED) is 0.601. The average molecular weight is 234 g/mol. The van der Waals surface area contributed by atoms with Gasteiger partial charge in [0, 0.05) is 0 Å². The van der Waals surface area contributed by atoms with E-state index in [1.807, 2.05) is 0 Å². The van der Waals surface area contributed by atoms with Crippen LogP contribution in [0.4, 0.5) is 0 Å². The fourth-order valence-corrected chi connectivity index (χ4v) is 1.37. The minimum absolute atomic E-state index is 0.00364. The van der Waals surface area contributed by atoms with Crippen LogP contribution in [0.2, 0.25) is 0 Å². The van der Waals surface area contributed by atoms with E-state index < -0.39 is 5.97 Å². The van der Waals surface area contributed by atoms with Gasteiger partial charge in [-0.15, -0.1) is 0 Å². The molecule has 88 valence electrons. The lowest BCUT2D eigenvalue weighted by molar-refractivity contribution is 0.0563. The van der Waals surface area contributed by atoms with Crippen molar-refractivity contribution in [3.8, 4) is 0 Å². The van der Waals surface area contributed by atoms with Gasteiger partial charge in [0.1, 0.15) is 12.0 Å². The van der Waals surface area contributed by atoms with Crippen LogP contribution in [-0.2, 0) is 4.74 Å². The summed E-state index contributed by atoms with van der Waals surface area (Å²) in [5.74, 6) is -0.250. The summed E-state index contributed by atoms with van der Waals surface area (Å²) in [5, 5.41) is 0.